The highest BCUT2D eigenvalue weighted by atomic mass is 32.2. The van der Waals surface area contributed by atoms with Crippen LogP contribution < -0.4 is 4.72 Å². The topological polar surface area (TPSA) is 121 Å². The summed E-state index contributed by atoms with van der Waals surface area (Å²) in [4.78, 5) is -0.781. The highest BCUT2D eigenvalue weighted by molar-refractivity contribution is 7.92. The molecule has 0 aliphatic carbocycles. The van der Waals surface area contributed by atoms with Crippen molar-refractivity contribution in [3.05, 3.63) is 48.0 Å². The fourth-order valence-electron chi connectivity index (χ4n) is 1.72. The third kappa shape index (κ3) is 3.56. The van der Waals surface area contributed by atoms with Crippen molar-refractivity contribution in [1.29, 1.82) is 0 Å². The number of aryl methyl sites for hydroxylation is 1. The van der Waals surface area contributed by atoms with Gasteiger partial charge in [0.05, 0.1) is 10.6 Å². The van der Waals surface area contributed by atoms with Gasteiger partial charge in [-0.2, -0.15) is 8.42 Å². The number of anilines is 1. The summed E-state index contributed by atoms with van der Waals surface area (Å²) >= 11 is 0. The maximum Gasteiger partial charge on any atom is 0.298 e. The average molecular weight is 343 g/mol. The first-order valence-corrected chi connectivity index (χ1v) is 8.92. The fourth-order valence-corrected chi connectivity index (χ4v) is 3.37. The van der Waals surface area contributed by atoms with Gasteiger partial charge in [-0.05, 0) is 37.3 Å². The maximum absolute atomic E-state index is 12.2. The number of aromatic hydroxyl groups is 1. The van der Waals surface area contributed by atoms with Crippen molar-refractivity contribution in [2.24, 2.45) is 0 Å². The third-order valence-electron chi connectivity index (χ3n) is 2.82. The van der Waals surface area contributed by atoms with Gasteiger partial charge in [0, 0.05) is 0 Å². The molecule has 0 bridgehead atoms. The molecule has 0 fully saturated rings. The minimum Gasteiger partial charge on any atom is -0.506 e. The van der Waals surface area contributed by atoms with Crippen LogP contribution in [0.5, 0.6) is 5.75 Å². The molecule has 0 saturated heterocycles. The zero-order valence-corrected chi connectivity index (χ0v) is 13.0. The summed E-state index contributed by atoms with van der Waals surface area (Å²) in [6.07, 6.45) is 0. The summed E-state index contributed by atoms with van der Waals surface area (Å²) < 4.78 is 57.7. The van der Waals surface area contributed by atoms with Crippen molar-refractivity contribution >= 4 is 25.8 Å². The minimum atomic E-state index is -4.67. The second-order valence-electron chi connectivity index (χ2n) is 4.58. The first-order valence-electron chi connectivity index (χ1n) is 5.99. The Balaban J connectivity index is 2.40. The number of hydrogen-bond donors (Lipinski definition) is 3. The van der Waals surface area contributed by atoms with Gasteiger partial charge >= 0.3 is 0 Å². The molecule has 0 aromatic heterocycles. The van der Waals surface area contributed by atoms with Crippen LogP contribution in [-0.4, -0.2) is 26.5 Å². The van der Waals surface area contributed by atoms with Crippen molar-refractivity contribution in [2.45, 2.75) is 16.7 Å². The van der Waals surface area contributed by atoms with E-state index in [1.54, 1.807) is 12.1 Å². The van der Waals surface area contributed by atoms with Crippen LogP contribution in [-0.2, 0) is 20.1 Å². The summed E-state index contributed by atoms with van der Waals surface area (Å²) in [5.41, 5.74) is 0.781. The summed E-state index contributed by atoms with van der Waals surface area (Å²) in [5.74, 6) is -0.680. The van der Waals surface area contributed by atoms with Crippen LogP contribution in [0.4, 0.5) is 5.69 Å². The molecule has 9 heteroatoms. The lowest BCUT2D eigenvalue weighted by Gasteiger charge is -2.10. The van der Waals surface area contributed by atoms with Gasteiger partial charge in [0.1, 0.15) is 10.6 Å². The SMILES string of the molecule is Cc1ccc(S(=O)(=O)Nc2ccc(O)c(S(=O)(=O)O)c2)cc1. The molecule has 0 heterocycles. The Morgan fingerprint density at radius 1 is 0.955 bits per heavy atom. The number of sulfonamides is 1. The Morgan fingerprint density at radius 2 is 1.55 bits per heavy atom. The van der Waals surface area contributed by atoms with Gasteiger partial charge in [0.15, 0.2) is 0 Å². The molecule has 0 radical (unpaired) electrons. The molecule has 0 aliphatic rings. The molecule has 0 unspecified atom stereocenters. The Hall–Kier alpha value is -2.10. The first-order chi connectivity index (χ1) is 10.1. The van der Waals surface area contributed by atoms with E-state index in [0.717, 1.165) is 17.7 Å². The normalized spacial score (nSPS) is 12.1. The smallest absolute Gasteiger partial charge is 0.298 e. The lowest BCUT2D eigenvalue weighted by atomic mass is 10.2. The monoisotopic (exact) mass is 343 g/mol. The van der Waals surface area contributed by atoms with E-state index in [2.05, 4.69) is 4.72 Å². The predicted molar refractivity (Wildman–Crippen MR) is 79.9 cm³/mol. The highest BCUT2D eigenvalue weighted by Gasteiger charge is 2.19. The molecular formula is C13H13NO6S2. The molecule has 0 saturated carbocycles. The number of nitrogens with one attached hydrogen (secondary N) is 1. The zero-order valence-electron chi connectivity index (χ0n) is 11.4. The third-order valence-corrected chi connectivity index (χ3v) is 5.10. The quantitative estimate of drug-likeness (QED) is 0.574. The predicted octanol–water partition coefficient (Wildman–Crippen LogP) is 1.75. The Labute approximate surface area is 128 Å². The van der Waals surface area contributed by atoms with Gasteiger partial charge < -0.3 is 5.11 Å². The van der Waals surface area contributed by atoms with E-state index in [0.29, 0.717) is 0 Å². The van der Waals surface area contributed by atoms with Crippen LogP contribution in [0.15, 0.2) is 52.3 Å². The molecule has 7 nitrogen and oxygen atoms in total. The summed E-state index contributed by atoms with van der Waals surface area (Å²) in [6.45, 7) is 1.81. The Kier molecular flexibility index (Phi) is 4.14. The molecule has 2 aromatic carbocycles. The fraction of sp³-hybridized carbons (Fsp3) is 0.0769. The van der Waals surface area contributed by atoms with Crippen LogP contribution in [0, 0.1) is 6.92 Å². The van der Waals surface area contributed by atoms with Gasteiger partial charge in [0.2, 0.25) is 0 Å². The Bertz CT molecular complexity index is 902. The molecular weight excluding hydrogens is 330 g/mol. The molecule has 2 rings (SSSR count). The lowest BCUT2D eigenvalue weighted by molar-refractivity contribution is 0.443. The van der Waals surface area contributed by atoms with Crippen molar-refractivity contribution < 1.29 is 26.5 Å². The Morgan fingerprint density at radius 3 is 2.09 bits per heavy atom. The van der Waals surface area contributed by atoms with Gasteiger partial charge in [-0.25, -0.2) is 8.42 Å². The number of rotatable bonds is 4. The summed E-state index contributed by atoms with van der Waals surface area (Å²) in [6, 6.07) is 9.02. The van der Waals surface area contributed by atoms with Crippen LogP contribution in [0.1, 0.15) is 5.56 Å². The van der Waals surface area contributed by atoms with Gasteiger partial charge in [-0.15, -0.1) is 0 Å². The standard InChI is InChI=1S/C13H13NO6S2/c1-9-2-5-11(6-3-9)21(16,17)14-10-4-7-12(15)13(8-10)22(18,19)20/h2-8,14-15H,1H3,(H,18,19,20). The molecule has 0 aliphatic heterocycles. The van der Waals surface area contributed by atoms with Crippen LogP contribution in [0.3, 0.4) is 0 Å². The lowest BCUT2D eigenvalue weighted by Crippen LogP contribution is -2.13. The summed E-state index contributed by atoms with van der Waals surface area (Å²) in [7, 11) is -8.58. The second kappa shape index (κ2) is 5.59. The van der Waals surface area contributed by atoms with Crippen LogP contribution in [0.25, 0.3) is 0 Å². The van der Waals surface area contributed by atoms with Crippen molar-refractivity contribution in [3.63, 3.8) is 0 Å². The number of hydrogen-bond acceptors (Lipinski definition) is 5. The average Bonchev–Trinajstić information content (AvgIpc) is 2.40. The van der Waals surface area contributed by atoms with E-state index >= 15 is 0 Å². The number of phenolic OH excluding ortho intramolecular Hbond substituents is 1. The highest BCUT2D eigenvalue weighted by Crippen LogP contribution is 2.27. The van der Waals surface area contributed by atoms with Crippen molar-refractivity contribution in [2.75, 3.05) is 4.72 Å². The van der Waals surface area contributed by atoms with Crippen molar-refractivity contribution in [1.82, 2.24) is 0 Å². The molecule has 3 N–H and O–H groups in total. The maximum atomic E-state index is 12.2. The van der Waals surface area contributed by atoms with E-state index in [9.17, 15) is 21.9 Å². The molecule has 0 amide bonds. The van der Waals surface area contributed by atoms with E-state index in [1.807, 2.05) is 6.92 Å². The van der Waals surface area contributed by atoms with Crippen molar-refractivity contribution in [3.8, 4) is 5.75 Å². The van der Waals surface area contributed by atoms with E-state index in [-0.39, 0.29) is 10.6 Å². The van der Waals surface area contributed by atoms with E-state index in [1.165, 1.54) is 18.2 Å². The summed E-state index contributed by atoms with van der Waals surface area (Å²) in [5, 5.41) is 9.40. The second-order valence-corrected chi connectivity index (χ2v) is 7.65. The molecule has 0 atom stereocenters. The molecule has 2 aromatic rings. The van der Waals surface area contributed by atoms with Crippen LogP contribution in [0.2, 0.25) is 0 Å². The van der Waals surface area contributed by atoms with Crippen LogP contribution >= 0.6 is 0 Å². The largest absolute Gasteiger partial charge is 0.506 e. The number of benzene rings is 2. The van der Waals surface area contributed by atoms with Gasteiger partial charge in [-0.3, -0.25) is 9.27 Å². The van der Waals surface area contributed by atoms with E-state index in [4.69, 9.17) is 4.55 Å². The minimum absolute atomic E-state index is 0.000388. The van der Waals surface area contributed by atoms with Gasteiger partial charge in [-0.1, -0.05) is 17.7 Å². The van der Waals surface area contributed by atoms with E-state index < -0.39 is 30.8 Å². The molecule has 0 spiro atoms. The van der Waals surface area contributed by atoms with Gasteiger partial charge in [0.25, 0.3) is 20.1 Å². The first kappa shape index (κ1) is 16.3. The molecule has 22 heavy (non-hydrogen) atoms. The number of phenols is 1. The zero-order chi connectivity index (χ0) is 16.5. The molecule has 118 valence electrons.